The number of nitro benzene ring substituents is 1. The van der Waals surface area contributed by atoms with Crippen LogP contribution < -0.4 is 0 Å². The van der Waals surface area contributed by atoms with Gasteiger partial charge in [0.25, 0.3) is 11.6 Å². The maximum atomic E-state index is 12.8. The van der Waals surface area contributed by atoms with E-state index in [9.17, 15) is 19.7 Å². The summed E-state index contributed by atoms with van der Waals surface area (Å²) in [5, 5.41) is 11.0. The molecule has 1 heterocycles. The lowest BCUT2D eigenvalue weighted by Crippen LogP contribution is -2.36. The van der Waals surface area contributed by atoms with E-state index < -0.39 is 16.8 Å². The van der Waals surface area contributed by atoms with Crippen LogP contribution in [-0.4, -0.2) is 39.8 Å². The quantitative estimate of drug-likeness (QED) is 0.428. The number of oxazole rings is 1. The Bertz CT molecular complexity index is 848. The third-order valence-corrected chi connectivity index (χ3v) is 3.85. The van der Waals surface area contributed by atoms with Gasteiger partial charge in [0.1, 0.15) is 11.3 Å². The Morgan fingerprint density at radius 1 is 1.42 bits per heavy atom. The molecule has 0 aliphatic heterocycles. The maximum absolute atomic E-state index is 12.8. The molecule has 0 unspecified atom stereocenters. The minimum absolute atomic E-state index is 0.0132. The topological polar surface area (TPSA) is 116 Å². The van der Waals surface area contributed by atoms with Gasteiger partial charge >= 0.3 is 5.97 Å². The van der Waals surface area contributed by atoms with Gasteiger partial charge in [-0.15, -0.1) is 0 Å². The molecule has 2 rings (SSSR count). The molecule has 1 aromatic carbocycles. The van der Waals surface area contributed by atoms with Crippen LogP contribution in [0.1, 0.15) is 40.6 Å². The van der Waals surface area contributed by atoms with Crippen LogP contribution in [0.3, 0.4) is 0 Å². The summed E-state index contributed by atoms with van der Waals surface area (Å²) in [7, 11) is 1.22. The Labute approximate surface area is 153 Å². The van der Waals surface area contributed by atoms with E-state index in [0.717, 1.165) is 12.3 Å². The van der Waals surface area contributed by atoms with Crippen molar-refractivity contribution in [3.63, 3.8) is 0 Å². The number of rotatable bonds is 6. The predicted octanol–water partition coefficient (Wildman–Crippen LogP) is 3.07. The molecule has 0 atom stereocenters. The number of halogens is 1. The highest BCUT2D eigenvalue weighted by molar-refractivity contribution is 6.32. The number of hydrogen-bond donors (Lipinski definition) is 0. The van der Waals surface area contributed by atoms with E-state index in [2.05, 4.69) is 9.72 Å². The van der Waals surface area contributed by atoms with Crippen LogP contribution in [0.25, 0.3) is 0 Å². The lowest BCUT2D eigenvalue weighted by molar-refractivity contribution is -0.384. The molecule has 0 fully saturated rings. The Morgan fingerprint density at radius 3 is 2.69 bits per heavy atom. The summed E-state index contributed by atoms with van der Waals surface area (Å²) in [6.07, 6.45) is 1.14. The SMILES string of the molecule is COC(=O)c1coc(CN(C(=O)c2ccc(Cl)c([N+](=O)[O-])c2)C(C)C)n1. The van der Waals surface area contributed by atoms with Crippen LogP contribution >= 0.6 is 11.6 Å². The van der Waals surface area contributed by atoms with Gasteiger partial charge in [-0.3, -0.25) is 14.9 Å². The highest BCUT2D eigenvalue weighted by Gasteiger charge is 2.24. The molecule has 1 amide bonds. The van der Waals surface area contributed by atoms with E-state index in [1.54, 1.807) is 13.8 Å². The van der Waals surface area contributed by atoms with E-state index in [-0.39, 0.29) is 40.4 Å². The van der Waals surface area contributed by atoms with Crippen LogP contribution in [0, 0.1) is 10.1 Å². The highest BCUT2D eigenvalue weighted by Crippen LogP contribution is 2.26. The summed E-state index contributed by atoms with van der Waals surface area (Å²) < 4.78 is 9.75. The molecule has 138 valence electrons. The Kier molecular flexibility index (Phi) is 5.93. The number of carbonyl (C=O) groups excluding carboxylic acids is 2. The zero-order valence-electron chi connectivity index (χ0n) is 14.3. The van der Waals surface area contributed by atoms with Gasteiger partial charge in [-0.2, -0.15) is 0 Å². The second-order valence-corrected chi connectivity index (χ2v) is 5.98. The first kappa shape index (κ1) is 19.4. The zero-order chi connectivity index (χ0) is 19.4. The normalized spacial score (nSPS) is 10.7. The molecule has 0 aliphatic carbocycles. The number of nitro groups is 1. The van der Waals surface area contributed by atoms with Gasteiger partial charge in [0.15, 0.2) is 5.69 Å². The van der Waals surface area contributed by atoms with Gasteiger partial charge in [-0.05, 0) is 26.0 Å². The first-order chi connectivity index (χ1) is 12.2. The molecule has 0 saturated heterocycles. The average Bonchev–Trinajstić information content (AvgIpc) is 3.07. The summed E-state index contributed by atoms with van der Waals surface area (Å²) >= 11 is 5.78. The molecule has 0 saturated carbocycles. The van der Waals surface area contributed by atoms with Gasteiger partial charge in [0, 0.05) is 17.7 Å². The summed E-state index contributed by atoms with van der Waals surface area (Å²) in [6, 6.07) is 3.56. The Morgan fingerprint density at radius 2 is 2.12 bits per heavy atom. The van der Waals surface area contributed by atoms with Crippen LogP contribution in [0.5, 0.6) is 0 Å². The van der Waals surface area contributed by atoms with Crippen molar-refractivity contribution in [3.05, 3.63) is 56.7 Å². The van der Waals surface area contributed by atoms with Gasteiger partial charge in [-0.25, -0.2) is 9.78 Å². The number of esters is 1. The highest BCUT2D eigenvalue weighted by atomic mass is 35.5. The van der Waals surface area contributed by atoms with Crippen LogP contribution in [-0.2, 0) is 11.3 Å². The largest absolute Gasteiger partial charge is 0.464 e. The lowest BCUT2D eigenvalue weighted by Gasteiger charge is -2.25. The fourth-order valence-electron chi connectivity index (χ4n) is 2.17. The molecule has 0 N–H and O–H groups in total. The number of ether oxygens (including phenoxy) is 1. The van der Waals surface area contributed by atoms with Crippen LogP contribution in [0.2, 0.25) is 5.02 Å². The second-order valence-electron chi connectivity index (χ2n) is 5.57. The Hall–Kier alpha value is -2.94. The lowest BCUT2D eigenvalue weighted by atomic mass is 10.1. The molecule has 1 aromatic heterocycles. The molecule has 0 radical (unpaired) electrons. The van der Waals surface area contributed by atoms with Crippen molar-refractivity contribution < 1.29 is 23.7 Å². The van der Waals surface area contributed by atoms with E-state index in [0.29, 0.717) is 0 Å². The first-order valence-corrected chi connectivity index (χ1v) is 7.90. The number of amides is 1. The van der Waals surface area contributed by atoms with Gasteiger partial charge < -0.3 is 14.1 Å². The number of nitrogens with zero attached hydrogens (tertiary/aromatic N) is 3. The van der Waals surface area contributed by atoms with Crippen molar-refractivity contribution in [2.45, 2.75) is 26.4 Å². The predicted molar refractivity (Wildman–Crippen MR) is 91.0 cm³/mol. The van der Waals surface area contributed by atoms with Crippen molar-refractivity contribution in [1.29, 1.82) is 0 Å². The van der Waals surface area contributed by atoms with Crippen molar-refractivity contribution in [2.75, 3.05) is 7.11 Å². The van der Waals surface area contributed by atoms with Crippen molar-refractivity contribution in [3.8, 4) is 0 Å². The van der Waals surface area contributed by atoms with Gasteiger partial charge in [0.05, 0.1) is 18.6 Å². The molecule has 9 nitrogen and oxygen atoms in total. The summed E-state index contributed by atoms with van der Waals surface area (Å²) in [6.45, 7) is 3.52. The van der Waals surface area contributed by atoms with Crippen molar-refractivity contribution in [1.82, 2.24) is 9.88 Å². The van der Waals surface area contributed by atoms with Crippen LogP contribution in [0.15, 0.2) is 28.9 Å². The summed E-state index contributed by atoms with van der Waals surface area (Å²) in [5.41, 5.74) is -0.263. The third kappa shape index (κ3) is 4.17. The maximum Gasteiger partial charge on any atom is 0.360 e. The molecule has 0 spiro atoms. The minimum atomic E-state index is -0.657. The smallest absolute Gasteiger partial charge is 0.360 e. The van der Waals surface area contributed by atoms with Gasteiger partial charge in [-0.1, -0.05) is 11.6 Å². The average molecular weight is 382 g/mol. The first-order valence-electron chi connectivity index (χ1n) is 7.52. The number of benzene rings is 1. The van der Waals surface area contributed by atoms with Crippen molar-refractivity contribution >= 4 is 29.2 Å². The number of hydrogen-bond acceptors (Lipinski definition) is 7. The van der Waals surface area contributed by atoms with E-state index in [1.807, 2.05) is 0 Å². The van der Waals surface area contributed by atoms with E-state index >= 15 is 0 Å². The van der Waals surface area contributed by atoms with Gasteiger partial charge in [0.2, 0.25) is 5.89 Å². The molecule has 0 aliphatic rings. The molecule has 10 heteroatoms. The number of carbonyl (C=O) groups is 2. The number of aromatic nitrogens is 1. The second kappa shape index (κ2) is 7.96. The molecular weight excluding hydrogens is 366 g/mol. The zero-order valence-corrected chi connectivity index (χ0v) is 15.0. The van der Waals surface area contributed by atoms with Crippen molar-refractivity contribution in [2.24, 2.45) is 0 Å². The monoisotopic (exact) mass is 381 g/mol. The summed E-state index contributed by atoms with van der Waals surface area (Å²) in [5.74, 6) is -0.982. The fraction of sp³-hybridized carbons (Fsp3) is 0.312. The molecule has 0 bridgehead atoms. The van der Waals surface area contributed by atoms with E-state index in [1.165, 1.54) is 24.1 Å². The molecule has 2 aromatic rings. The number of methoxy groups -OCH3 is 1. The molecular formula is C16H16ClN3O6. The standard InChI is InChI=1S/C16H16ClN3O6/c1-9(2)19(7-14-18-12(8-26-14)16(22)25-3)15(21)10-4-5-11(17)13(6-10)20(23)24/h4-6,8-9H,7H2,1-3H3. The third-order valence-electron chi connectivity index (χ3n) is 3.53. The summed E-state index contributed by atoms with van der Waals surface area (Å²) in [4.78, 5) is 39.9. The van der Waals surface area contributed by atoms with Crippen LogP contribution in [0.4, 0.5) is 5.69 Å². The van der Waals surface area contributed by atoms with E-state index in [4.69, 9.17) is 16.0 Å². The minimum Gasteiger partial charge on any atom is -0.464 e. The Balaban J connectivity index is 2.28. The fourth-order valence-corrected chi connectivity index (χ4v) is 2.35. The molecule has 26 heavy (non-hydrogen) atoms.